The van der Waals surface area contributed by atoms with Gasteiger partial charge in [-0.15, -0.1) is 0 Å². The molecule has 0 radical (unpaired) electrons. The van der Waals surface area contributed by atoms with E-state index >= 15 is 0 Å². The van der Waals surface area contributed by atoms with Crippen LogP contribution in [0.15, 0.2) is 40.7 Å². The summed E-state index contributed by atoms with van der Waals surface area (Å²) < 4.78 is 43.4. The Morgan fingerprint density at radius 1 is 1.08 bits per heavy atom. The zero-order valence-electron chi connectivity index (χ0n) is 21.0. The van der Waals surface area contributed by atoms with E-state index in [1.165, 1.54) is 54.3 Å². The van der Waals surface area contributed by atoms with E-state index < -0.39 is 35.4 Å². The summed E-state index contributed by atoms with van der Waals surface area (Å²) in [5, 5.41) is 2.63. The first-order valence-corrected chi connectivity index (χ1v) is 11.9. The van der Waals surface area contributed by atoms with Crippen molar-refractivity contribution in [1.29, 1.82) is 0 Å². The topological polar surface area (TPSA) is 146 Å². The van der Waals surface area contributed by atoms with Crippen molar-refractivity contribution in [3.63, 3.8) is 0 Å². The van der Waals surface area contributed by atoms with E-state index in [1.54, 1.807) is 6.92 Å². The quantitative estimate of drug-likeness (QED) is 0.394. The largest absolute Gasteiger partial charge is 0.408 e. The number of hydrogen-bond acceptors (Lipinski definition) is 9. The summed E-state index contributed by atoms with van der Waals surface area (Å²) in [6.45, 7) is 1.76. The molecule has 1 aliphatic rings. The predicted octanol–water partition coefficient (Wildman–Crippen LogP) is 1.41. The molecule has 1 saturated heterocycles. The highest BCUT2D eigenvalue weighted by Crippen LogP contribution is 2.34. The summed E-state index contributed by atoms with van der Waals surface area (Å²) in [6, 6.07) is -2.53. The van der Waals surface area contributed by atoms with Gasteiger partial charge < -0.3 is 14.8 Å². The van der Waals surface area contributed by atoms with Crippen molar-refractivity contribution in [3.8, 4) is 11.3 Å². The van der Waals surface area contributed by atoms with Gasteiger partial charge in [0, 0.05) is 38.6 Å². The second-order valence-corrected chi connectivity index (χ2v) is 9.15. The lowest BCUT2D eigenvalue weighted by atomic mass is 10.2. The molecule has 5 heterocycles. The van der Waals surface area contributed by atoms with E-state index in [2.05, 4.69) is 30.2 Å². The van der Waals surface area contributed by atoms with Crippen LogP contribution >= 0.6 is 0 Å². The lowest BCUT2D eigenvalue weighted by Gasteiger charge is -2.26. The molecular weight excluding hydrogens is 521 g/mol. The molecule has 39 heavy (non-hydrogen) atoms. The zero-order chi connectivity index (χ0) is 28.1. The van der Waals surface area contributed by atoms with Crippen LogP contribution in [0.2, 0.25) is 0 Å². The third-order valence-corrected chi connectivity index (χ3v) is 6.68. The van der Waals surface area contributed by atoms with Crippen molar-refractivity contribution in [3.05, 3.63) is 52.0 Å². The second kappa shape index (κ2) is 9.59. The molecule has 4 aromatic heterocycles. The van der Waals surface area contributed by atoms with Crippen LogP contribution in [0.25, 0.3) is 22.4 Å². The van der Waals surface area contributed by atoms with Crippen molar-refractivity contribution in [1.82, 2.24) is 38.6 Å². The minimum atomic E-state index is -4.37. The van der Waals surface area contributed by atoms with Gasteiger partial charge in [-0.25, -0.2) is 24.7 Å². The second-order valence-electron chi connectivity index (χ2n) is 9.15. The molecular formula is C23H23F3N10O3. The number of carbonyl (C=O) groups excluding carboxylic acids is 1. The molecule has 4 aromatic rings. The van der Waals surface area contributed by atoms with Crippen LogP contribution in [0.4, 0.5) is 24.9 Å². The highest BCUT2D eigenvalue weighted by atomic mass is 19.4. The maximum absolute atomic E-state index is 13.3. The van der Waals surface area contributed by atoms with E-state index in [4.69, 9.17) is 0 Å². The Balaban J connectivity index is 1.35. The fourth-order valence-electron chi connectivity index (χ4n) is 4.53. The Labute approximate surface area is 218 Å². The van der Waals surface area contributed by atoms with Gasteiger partial charge in [0.1, 0.15) is 12.1 Å². The predicted molar refractivity (Wildman–Crippen MR) is 133 cm³/mol. The van der Waals surface area contributed by atoms with Crippen molar-refractivity contribution >= 4 is 28.8 Å². The molecule has 1 N–H and O–H groups in total. The number of nitrogens with zero attached hydrogens (tertiary/aromatic N) is 9. The normalized spacial score (nSPS) is 16.6. The maximum Gasteiger partial charge on any atom is 0.408 e. The van der Waals surface area contributed by atoms with Crippen molar-refractivity contribution in [2.24, 2.45) is 14.1 Å². The van der Waals surface area contributed by atoms with Crippen LogP contribution in [-0.2, 0) is 18.9 Å². The third-order valence-electron chi connectivity index (χ3n) is 6.68. The standard InChI is InChI=1S/C23H23F3N10O3/c1-12(36-11-30-18-17(36)20(38)34(3)22(39)33(18)2)19(37)32-16-10-27-9-14(31-16)13-7-28-21(29-8-13)35-6-4-5-15(35)23(24,25)26/h7-12,15H,4-6H2,1-3H3,(H,31,32,37)/t12-,15?/m0/s1. The molecule has 1 unspecified atom stereocenters. The molecule has 204 valence electrons. The number of nitrogens with one attached hydrogen (secondary N) is 1. The molecule has 1 fully saturated rings. The molecule has 1 amide bonds. The first-order chi connectivity index (χ1) is 18.5. The van der Waals surface area contributed by atoms with E-state index in [0.29, 0.717) is 12.0 Å². The lowest BCUT2D eigenvalue weighted by Crippen LogP contribution is -2.42. The van der Waals surface area contributed by atoms with Crippen LogP contribution < -0.4 is 21.5 Å². The summed E-state index contributed by atoms with van der Waals surface area (Å²) in [6.07, 6.45) is 2.73. The fraction of sp³-hybridized carbons (Fsp3) is 0.391. The van der Waals surface area contributed by atoms with Gasteiger partial charge in [-0.05, 0) is 19.8 Å². The van der Waals surface area contributed by atoms with Crippen molar-refractivity contribution in [2.75, 3.05) is 16.8 Å². The van der Waals surface area contributed by atoms with Gasteiger partial charge in [0.15, 0.2) is 17.0 Å². The minimum Gasteiger partial charge on any atom is -0.329 e. The first-order valence-electron chi connectivity index (χ1n) is 11.9. The van der Waals surface area contributed by atoms with Crippen LogP contribution in [0.5, 0.6) is 0 Å². The number of amides is 1. The van der Waals surface area contributed by atoms with E-state index in [9.17, 15) is 27.6 Å². The van der Waals surface area contributed by atoms with Gasteiger partial charge in [0.2, 0.25) is 11.9 Å². The zero-order valence-corrected chi connectivity index (χ0v) is 21.0. The van der Waals surface area contributed by atoms with Crippen LogP contribution in [-0.4, -0.2) is 63.3 Å². The molecule has 13 nitrogen and oxygen atoms in total. The molecule has 0 aromatic carbocycles. The molecule has 0 spiro atoms. The van der Waals surface area contributed by atoms with Gasteiger partial charge in [-0.3, -0.25) is 23.7 Å². The molecule has 16 heteroatoms. The number of aryl methyl sites for hydroxylation is 1. The number of anilines is 2. The Kier molecular flexibility index (Phi) is 6.40. The summed E-state index contributed by atoms with van der Waals surface area (Å²) in [5.41, 5.74) is -0.222. The van der Waals surface area contributed by atoms with Crippen molar-refractivity contribution in [2.45, 2.75) is 38.0 Å². The molecule has 2 atom stereocenters. The highest BCUT2D eigenvalue weighted by Gasteiger charge is 2.46. The number of carbonyl (C=O) groups is 1. The third kappa shape index (κ3) is 4.61. The molecule has 0 bridgehead atoms. The molecule has 0 aliphatic carbocycles. The monoisotopic (exact) mass is 544 g/mol. The minimum absolute atomic E-state index is 0.0121. The number of halogens is 3. The summed E-state index contributed by atoms with van der Waals surface area (Å²) in [7, 11) is 2.81. The number of alkyl halides is 3. The maximum atomic E-state index is 13.3. The number of aromatic nitrogens is 8. The molecule has 0 saturated carbocycles. The SMILES string of the molecule is C[C@@H](C(=O)Nc1cncc(-c2cnc(N3CCCC3C(F)(F)F)nc2)n1)n1cnc2c1c(=O)n(C)c(=O)n2C. The Morgan fingerprint density at radius 2 is 1.79 bits per heavy atom. The summed E-state index contributed by atoms with van der Waals surface area (Å²) in [5.74, 6) is -0.466. The van der Waals surface area contributed by atoms with Crippen molar-refractivity contribution < 1.29 is 18.0 Å². The smallest absolute Gasteiger partial charge is 0.329 e. The number of fused-ring (bicyclic) bond motifs is 1. The average Bonchev–Trinajstić information content (AvgIpc) is 3.59. The number of hydrogen-bond donors (Lipinski definition) is 1. The van der Waals surface area contributed by atoms with Gasteiger partial charge in [-0.1, -0.05) is 0 Å². The summed E-state index contributed by atoms with van der Waals surface area (Å²) in [4.78, 5) is 59.8. The van der Waals surface area contributed by atoms with Gasteiger partial charge >= 0.3 is 11.9 Å². The number of rotatable bonds is 5. The average molecular weight is 544 g/mol. The Hall–Kier alpha value is -4.63. The molecule has 5 rings (SSSR count). The molecule has 1 aliphatic heterocycles. The Morgan fingerprint density at radius 3 is 2.49 bits per heavy atom. The van der Waals surface area contributed by atoms with Crippen LogP contribution in [0.3, 0.4) is 0 Å². The van der Waals surface area contributed by atoms with E-state index in [0.717, 1.165) is 9.47 Å². The lowest BCUT2D eigenvalue weighted by molar-refractivity contribution is -0.146. The summed E-state index contributed by atoms with van der Waals surface area (Å²) >= 11 is 0. The highest BCUT2D eigenvalue weighted by molar-refractivity contribution is 5.93. The first kappa shape index (κ1) is 26.0. The van der Waals surface area contributed by atoms with E-state index in [1.807, 2.05) is 0 Å². The number of imidazole rings is 1. The fourth-order valence-corrected chi connectivity index (χ4v) is 4.53. The van der Waals surface area contributed by atoms with Crippen LogP contribution in [0, 0.1) is 0 Å². The van der Waals surface area contributed by atoms with Crippen LogP contribution in [0.1, 0.15) is 25.8 Å². The van der Waals surface area contributed by atoms with Gasteiger partial charge in [0.25, 0.3) is 5.56 Å². The van der Waals surface area contributed by atoms with Gasteiger partial charge in [-0.2, -0.15) is 13.2 Å². The van der Waals surface area contributed by atoms with E-state index in [-0.39, 0.29) is 41.6 Å². The van der Waals surface area contributed by atoms with Gasteiger partial charge in [0.05, 0.1) is 24.4 Å². The Bertz CT molecular complexity index is 1680.